The summed E-state index contributed by atoms with van der Waals surface area (Å²) >= 11 is 6.34. The molecule has 43 heavy (non-hydrogen) atoms. The summed E-state index contributed by atoms with van der Waals surface area (Å²) in [7, 11) is 1.54. The normalized spacial score (nSPS) is 17.1. The van der Waals surface area contributed by atoms with E-state index < -0.39 is 30.2 Å². The second-order valence-corrected chi connectivity index (χ2v) is 11.1. The Labute approximate surface area is 255 Å². The fourth-order valence-electron chi connectivity index (χ4n) is 4.88. The second-order valence-electron chi connectivity index (χ2n) is 10.7. The lowest BCUT2D eigenvalue weighted by molar-refractivity contribution is -0.130. The Bertz CT molecular complexity index is 1480. The van der Waals surface area contributed by atoms with E-state index >= 15 is 0 Å². The third kappa shape index (κ3) is 7.64. The van der Waals surface area contributed by atoms with Gasteiger partial charge in [-0.1, -0.05) is 31.5 Å². The lowest BCUT2D eigenvalue weighted by Gasteiger charge is -2.26. The van der Waals surface area contributed by atoms with E-state index in [9.17, 15) is 18.8 Å². The second kappa shape index (κ2) is 14.4. The van der Waals surface area contributed by atoms with Gasteiger partial charge in [-0.05, 0) is 55.5 Å². The Morgan fingerprint density at radius 2 is 1.98 bits per heavy atom. The first-order valence-corrected chi connectivity index (χ1v) is 14.6. The molecular formula is C31H37ClFN5O5. The summed E-state index contributed by atoms with van der Waals surface area (Å²) in [5.74, 6) is -0.873. The monoisotopic (exact) mass is 613 g/mol. The van der Waals surface area contributed by atoms with Gasteiger partial charge in [0.15, 0.2) is 11.5 Å². The highest BCUT2D eigenvalue weighted by Gasteiger charge is 2.28. The molecule has 2 heterocycles. The zero-order valence-corrected chi connectivity index (χ0v) is 25.5. The molecule has 2 N–H and O–H groups in total. The molecule has 2 bridgehead atoms. The van der Waals surface area contributed by atoms with Crippen LogP contribution in [-0.4, -0.2) is 71.6 Å². The molecule has 0 unspecified atom stereocenters. The van der Waals surface area contributed by atoms with Gasteiger partial charge in [0.1, 0.15) is 17.7 Å². The number of aryl methyl sites for hydroxylation is 2. The number of aromatic nitrogens is 2. The molecule has 3 amide bonds. The predicted octanol–water partition coefficient (Wildman–Crippen LogP) is 4.23. The van der Waals surface area contributed by atoms with Gasteiger partial charge in [0.2, 0.25) is 11.8 Å². The third-order valence-corrected chi connectivity index (χ3v) is 7.71. The lowest BCUT2D eigenvalue weighted by atomic mass is 10.0. The number of carbonyl (C=O) groups is 3. The number of nitrogens with zero attached hydrogens (tertiary/aromatic N) is 3. The molecule has 0 fully saturated rings. The molecule has 0 saturated carbocycles. The number of carbonyl (C=O) groups excluding carboxylic acids is 3. The van der Waals surface area contributed by atoms with Crippen LogP contribution in [0.1, 0.15) is 42.6 Å². The number of hydrogen-bond acceptors (Lipinski definition) is 6. The van der Waals surface area contributed by atoms with Crippen molar-refractivity contribution in [2.24, 2.45) is 5.92 Å². The van der Waals surface area contributed by atoms with Gasteiger partial charge in [-0.2, -0.15) is 0 Å². The minimum Gasteiger partial charge on any atom is -0.493 e. The van der Waals surface area contributed by atoms with E-state index in [4.69, 9.17) is 21.1 Å². The van der Waals surface area contributed by atoms with Gasteiger partial charge < -0.3 is 29.6 Å². The summed E-state index contributed by atoms with van der Waals surface area (Å²) in [6.07, 6.45) is 4.51. The Kier molecular flexibility index (Phi) is 10.6. The van der Waals surface area contributed by atoms with Crippen molar-refractivity contribution in [3.8, 4) is 22.9 Å². The molecule has 0 saturated heterocycles. The quantitative estimate of drug-likeness (QED) is 0.457. The molecule has 1 aliphatic heterocycles. The van der Waals surface area contributed by atoms with Crippen LogP contribution >= 0.6 is 11.6 Å². The molecule has 1 aromatic heterocycles. The van der Waals surface area contributed by atoms with Gasteiger partial charge in [-0.15, -0.1) is 0 Å². The number of benzene rings is 2. The van der Waals surface area contributed by atoms with E-state index in [1.54, 1.807) is 26.3 Å². The van der Waals surface area contributed by atoms with Gasteiger partial charge in [-0.25, -0.2) is 9.37 Å². The van der Waals surface area contributed by atoms with Crippen molar-refractivity contribution in [1.82, 2.24) is 25.1 Å². The number of hydrogen-bond donors (Lipinski definition) is 2. The first kappa shape index (κ1) is 31.8. The van der Waals surface area contributed by atoms with Gasteiger partial charge in [0.05, 0.1) is 30.8 Å². The van der Waals surface area contributed by atoms with Gasteiger partial charge in [0, 0.05) is 37.6 Å². The van der Waals surface area contributed by atoms with Gasteiger partial charge in [0.25, 0.3) is 5.91 Å². The zero-order valence-electron chi connectivity index (χ0n) is 24.8. The fraction of sp³-hybridized carbons (Fsp3) is 0.419. The van der Waals surface area contributed by atoms with Crippen LogP contribution in [0.15, 0.2) is 42.7 Å². The smallest absolute Gasteiger partial charge is 0.258 e. The number of halogens is 2. The number of rotatable bonds is 3. The van der Waals surface area contributed by atoms with Gasteiger partial charge in [-0.3, -0.25) is 14.4 Å². The molecule has 230 valence electrons. The van der Waals surface area contributed by atoms with Crippen LogP contribution in [-0.2, 0) is 16.1 Å². The number of imidazole rings is 1. The van der Waals surface area contributed by atoms with Gasteiger partial charge >= 0.3 is 0 Å². The van der Waals surface area contributed by atoms with Crippen molar-refractivity contribution < 1.29 is 28.2 Å². The minimum absolute atomic E-state index is 0.0171. The van der Waals surface area contributed by atoms with Crippen LogP contribution in [0.25, 0.3) is 11.4 Å². The average molecular weight is 614 g/mol. The molecule has 12 heteroatoms. The number of nitrogens with one attached hydrogen (secondary N) is 2. The van der Waals surface area contributed by atoms with Crippen molar-refractivity contribution in [2.45, 2.75) is 46.2 Å². The molecule has 3 aromatic rings. The Balaban J connectivity index is 1.65. The summed E-state index contributed by atoms with van der Waals surface area (Å²) in [5, 5.41) is 5.64. The summed E-state index contributed by atoms with van der Waals surface area (Å²) in [4.78, 5) is 45.6. The van der Waals surface area contributed by atoms with E-state index in [0.717, 1.165) is 11.4 Å². The van der Waals surface area contributed by atoms with Crippen molar-refractivity contribution in [3.05, 3.63) is 64.7 Å². The molecular weight excluding hydrogens is 577 g/mol. The van der Waals surface area contributed by atoms with Crippen LogP contribution in [0.4, 0.5) is 4.39 Å². The highest BCUT2D eigenvalue weighted by molar-refractivity contribution is 6.34. The molecule has 10 nitrogen and oxygen atoms in total. The molecule has 1 atom stereocenters. The number of amides is 3. The maximum Gasteiger partial charge on any atom is 0.258 e. The summed E-state index contributed by atoms with van der Waals surface area (Å²) < 4.78 is 28.4. The largest absolute Gasteiger partial charge is 0.493 e. The van der Waals surface area contributed by atoms with Crippen molar-refractivity contribution in [1.29, 1.82) is 0 Å². The summed E-state index contributed by atoms with van der Waals surface area (Å²) in [6.45, 7) is 6.11. The topological polar surface area (TPSA) is 115 Å². The van der Waals surface area contributed by atoms with E-state index in [2.05, 4.69) is 15.6 Å². The summed E-state index contributed by atoms with van der Waals surface area (Å²) in [5.41, 5.74) is 1.04. The van der Waals surface area contributed by atoms with Crippen molar-refractivity contribution in [3.63, 3.8) is 0 Å². The Morgan fingerprint density at radius 1 is 1.19 bits per heavy atom. The molecule has 0 spiro atoms. The third-order valence-electron chi connectivity index (χ3n) is 7.23. The lowest BCUT2D eigenvalue weighted by Crippen LogP contribution is -2.52. The molecule has 4 rings (SSSR count). The maximum atomic E-state index is 14.8. The fourth-order valence-corrected chi connectivity index (χ4v) is 5.11. The van der Waals surface area contributed by atoms with Crippen LogP contribution in [0, 0.1) is 18.7 Å². The number of fused-ring (bicyclic) bond motifs is 4. The Hall–Kier alpha value is -4.12. The van der Waals surface area contributed by atoms with Crippen LogP contribution in [0.5, 0.6) is 11.5 Å². The van der Waals surface area contributed by atoms with E-state index in [1.165, 1.54) is 17.0 Å². The highest BCUT2D eigenvalue weighted by Crippen LogP contribution is 2.32. The molecule has 2 aromatic carbocycles. The molecule has 0 radical (unpaired) electrons. The van der Waals surface area contributed by atoms with Crippen molar-refractivity contribution >= 4 is 29.3 Å². The van der Waals surface area contributed by atoms with Crippen molar-refractivity contribution in [2.75, 3.05) is 33.4 Å². The number of methoxy groups -OCH3 is 1. The van der Waals surface area contributed by atoms with E-state index in [-0.39, 0.29) is 35.6 Å². The molecule has 1 aliphatic rings. The van der Waals surface area contributed by atoms with Crippen LogP contribution in [0.3, 0.4) is 0 Å². The van der Waals surface area contributed by atoms with E-state index in [0.29, 0.717) is 43.0 Å². The minimum atomic E-state index is -0.827. The standard InChI is InChI=1S/C31H37ClFN5O5/c1-19(2)28-30(40)35-11-5-13-37-15-12-34-29(37)21-8-10-23(42-4)24(17-21)43-16-6-14-38(18-25(39)36-28)31(41)26-22(33)9-7-20(3)27(26)32/h7-10,12,15,17,19,28H,5-6,11,13-14,16,18H2,1-4H3,(H,35,40)(H,36,39)/t28-/m1/s1. The first-order valence-electron chi connectivity index (χ1n) is 14.2. The van der Waals surface area contributed by atoms with Crippen LogP contribution < -0.4 is 20.1 Å². The highest BCUT2D eigenvalue weighted by atomic mass is 35.5. The first-order chi connectivity index (χ1) is 20.6. The SMILES string of the molecule is COc1ccc2cc1OCCCN(C(=O)c1c(F)ccc(C)c1Cl)CC(=O)N[C@H](C(C)C)C(=O)NCCCn1ccnc1-2. The maximum absolute atomic E-state index is 14.8. The van der Waals surface area contributed by atoms with Crippen LogP contribution in [0.2, 0.25) is 5.02 Å². The Morgan fingerprint density at radius 3 is 2.72 bits per heavy atom. The molecule has 0 aliphatic carbocycles. The van der Waals surface area contributed by atoms with E-state index in [1.807, 2.05) is 36.7 Å². The average Bonchev–Trinajstić information content (AvgIpc) is 3.45. The zero-order chi connectivity index (χ0) is 31.1. The summed E-state index contributed by atoms with van der Waals surface area (Å²) in [6, 6.07) is 7.34. The predicted molar refractivity (Wildman–Crippen MR) is 161 cm³/mol. The number of ether oxygens (including phenoxy) is 2.